The Bertz CT molecular complexity index is 3410. The van der Waals surface area contributed by atoms with Gasteiger partial charge in [-0.15, -0.1) is 3.63 Å². The Balaban J connectivity index is 0.000000297. The molecule has 452 valence electrons. The average molecular weight is 1340 g/mol. The number of alkyl halides is 24. The van der Waals surface area contributed by atoms with Crippen LogP contribution in [0.3, 0.4) is 0 Å². The standard InChI is InChI=1S/C14H6F9NO3S.C13H6BrF6N.C13H7F6NO.C2H3F3O5S2/c15-12(16,17)8-3-1-7(2-4-8)9-5-6-10(11(24-9)13(18,19)20)27-28(25,26)14(21,22)23;14-9-5-6-10(21-11(9)13(18,19)20)7-1-3-8(4-2-7)12(15,16)17;14-12(15,16)8-3-1-7(2-4-8)9-5-6-10(21)11(20-9)13(17,18)19;1-11(6,7)10-12(8,9)2(3,4)5/h1-6H;1-6H;1-6,21H;1H3. The van der Waals surface area contributed by atoms with Crippen LogP contribution < -0.4 is 4.18 Å². The van der Waals surface area contributed by atoms with E-state index in [-0.39, 0.29) is 44.9 Å². The van der Waals surface area contributed by atoms with E-state index in [1.807, 2.05) is 0 Å². The maximum atomic E-state index is 13.1. The zero-order chi connectivity index (χ0) is 63.4. The van der Waals surface area contributed by atoms with Gasteiger partial charge >= 0.3 is 68.3 Å². The zero-order valence-electron chi connectivity index (χ0n) is 38.6. The highest BCUT2D eigenvalue weighted by molar-refractivity contribution is 9.10. The Labute approximate surface area is 450 Å². The first-order valence-corrected chi connectivity index (χ1v) is 25.4. The summed E-state index contributed by atoms with van der Waals surface area (Å²) in [4.78, 5) is 9.71. The van der Waals surface area contributed by atoms with Crippen molar-refractivity contribution >= 4 is 46.3 Å². The van der Waals surface area contributed by atoms with Crippen LogP contribution in [0.4, 0.5) is 105 Å². The van der Waals surface area contributed by atoms with Gasteiger partial charge < -0.3 is 9.29 Å². The van der Waals surface area contributed by atoms with Crippen LogP contribution in [0.1, 0.15) is 33.8 Å². The highest BCUT2D eigenvalue weighted by Gasteiger charge is 2.51. The topological polar surface area (TPSA) is 180 Å². The molecule has 0 aliphatic rings. The molecule has 40 heteroatoms. The fourth-order valence-electron chi connectivity index (χ4n) is 5.36. The van der Waals surface area contributed by atoms with Crippen LogP contribution in [0, 0.1) is 0 Å². The fourth-order valence-corrected chi connectivity index (χ4v) is 7.88. The highest BCUT2D eigenvalue weighted by Crippen LogP contribution is 2.41. The number of rotatable bonds is 7. The van der Waals surface area contributed by atoms with Crippen LogP contribution >= 0.6 is 15.9 Å². The van der Waals surface area contributed by atoms with Gasteiger partial charge in [-0.05, 0) is 88.7 Å². The van der Waals surface area contributed by atoms with Gasteiger partial charge in [0.15, 0.2) is 22.8 Å². The smallest absolute Gasteiger partial charge is 0.506 e. The fraction of sp³-hybridized carbons (Fsp3) is 0.214. The number of pyridine rings is 3. The normalized spacial score (nSPS) is 13.1. The lowest BCUT2D eigenvalue weighted by Gasteiger charge is -2.15. The molecule has 1 N–H and O–H groups in total. The summed E-state index contributed by atoms with van der Waals surface area (Å²) >= 11 is 2.75. The van der Waals surface area contributed by atoms with Crippen LogP contribution in [0.25, 0.3) is 33.8 Å². The molecule has 0 amide bonds. The summed E-state index contributed by atoms with van der Waals surface area (Å²) in [5.41, 5.74) is -20.1. The van der Waals surface area contributed by atoms with Crippen LogP contribution in [-0.4, -0.2) is 62.6 Å². The molecule has 0 aliphatic heterocycles. The van der Waals surface area contributed by atoms with Gasteiger partial charge in [-0.25, -0.2) is 15.0 Å². The first kappa shape index (κ1) is 69.6. The van der Waals surface area contributed by atoms with E-state index in [0.29, 0.717) is 18.2 Å². The summed E-state index contributed by atoms with van der Waals surface area (Å²) in [6.07, 6.45) is -28.5. The van der Waals surface area contributed by atoms with Gasteiger partial charge in [0.05, 0.1) is 40.0 Å². The largest absolute Gasteiger partial charge is 0.534 e. The van der Waals surface area contributed by atoms with Gasteiger partial charge in [-0.3, -0.25) is 0 Å². The van der Waals surface area contributed by atoms with E-state index in [1.54, 1.807) is 0 Å². The molecule has 3 heterocycles. The molecule has 0 saturated heterocycles. The molecule has 6 rings (SSSR count). The molecule has 0 fully saturated rings. The van der Waals surface area contributed by atoms with Gasteiger partial charge in [0.25, 0.3) is 10.1 Å². The summed E-state index contributed by atoms with van der Waals surface area (Å²) in [5.74, 6) is -2.78. The van der Waals surface area contributed by atoms with E-state index in [1.165, 1.54) is 6.07 Å². The predicted octanol–water partition coefficient (Wildman–Crippen LogP) is 14.9. The minimum absolute atomic E-state index is 0.0563. The first-order valence-electron chi connectivity index (χ1n) is 20.0. The number of aromatic hydroxyl groups is 1. The van der Waals surface area contributed by atoms with Crippen molar-refractivity contribution < 1.29 is 144 Å². The Kier molecular flexibility index (Phi) is 20.9. The molecule has 0 radical (unpaired) electrons. The Hall–Kier alpha value is -6.68. The van der Waals surface area contributed by atoms with E-state index in [4.69, 9.17) is 5.11 Å². The van der Waals surface area contributed by atoms with Crippen LogP contribution in [-0.2, 0) is 71.0 Å². The molecule has 0 bridgehead atoms. The van der Waals surface area contributed by atoms with Crippen molar-refractivity contribution in [2.45, 2.75) is 48.1 Å². The molecule has 3 aromatic carbocycles. The predicted molar refractivity (Wildman–Crippen MR) is 235 cm³/mol. The lowest BCUT2D eigenvalue weighted by atomic mass is 10.1. The Morgan fingerprint density at radius 2 is 0.671 bits per heavy atom. The first-order chi connectivity index (χ1) is 36.7. The monoisotopic (exact) mass is 1340 g/mol. The SMILES string of the molecule is CS(=O)(=O)OS(=O)(=O)C(F)(F)F.FC(F)(F)c1ccc(-c2ccc(Br)c(C(F)(F)F)n2)cc1.O=S(=O)(Oc1ccc(-c2ccc(C(F)(F)F)cc2)nc1C(F)(F)F)C(F)(F)F.Oc1ccc(-c2ccc(C(F)(F)F)cc2)nc1C(F)(F)F. The molecule has 0 aliphatic carbocycles. The Morgan fingerprint density at radius 1 is 0.378 bits per heavy atom. The average Bonchev–Trinajstić information content (AvgIpc) is 3.34. The molecule has 82 heavy (non-hydrogen) atoms. The number of halogens is 25. The number of aromatic nitrogens is 3. The second-order valence-corrected chi connectivity index (χ2v) is 20.7. The maximum Gasteiger partial charge on any atom is 0.534 e. The van der Waals surface area contributed by atoms with Crippen molar-refractivity contribution in [3.05, 3.63) is 147 Å². The van der Waals surface area contributed by atoms with Crippen LogP contribution in [0.15, 0.2) is 114 Å². The molecule has 3 aromatic heterocycles. The quantitative estimate of drug-likeness (QED) is 0.0909. The second-order valence-electron chi connectivity index (χ2n) is 15.0. The van der Waals surface area contributed by atoms with E-state index < -0.39 is 129 Å². The summed E-state index contributed by atoms with van der Waals surface area (Å²) in [5, 5.41) is 9.14. The van der Waals surface area contributed by atoms with Crippen LogP contribution in [0.5, 0.6) is 11.5 Å². The van der Waals surface area contributed by atoms with Crippen molar-refractivity contribution in [3.63, 3.8) is 0 Å². The minimum Gasteiger partial charge on any atom is -0.506 e. The third-order valence-electron chi connectivity index (χ3n) is 8.89. The van der Waals surface area contributed by atoms with E-state index >= 15 is 0 Å². The molecular weight excluding hydrogens is 1320 g/mol. The van der Waals surface area contributed by atoms with Crippen molar-refractivity contribution in [1.29, 1.82) is 0 Å². The molecule has 0 unspecified atom stereocenters. The van der Waals surface area contributed by atoms with Gasteiger partial charge in [-0.1, -0.05) is 36.4 Å². The van der Waals surface area contributed by atoms with Gasteiger partial charge in [-0.2, -0.15) is 131 Å². The molecule has 0 saturated carbocycles. The van der Waals surface area contributed by atoms with Crippen molar-refractivity contribution in [2.75, 3.05) is 6.26 Å². The summed E-state index contributed by atoms with van der Waals surface area (Å²) in [6.45, 7) is 0. The summed E-state index contributed by atoms with van der Waals surface area (Å²) in [7, 11) is -17.1. The van der Waals surface area contributed by atoms with Gasteiger partial charge in [0.1, 0.15) is 5.75 Å². The number of nitrogens with zero attached hydrogens (tertiary/aromatic N) is 3. The third kappa shape index (κ3) is 19.8. The lowest BCUT2D eigenvalue weighted by molar-refractivity contribution is -0.143. The number of hydrogen-bond acceptors (Lipinski definition) is 12. The number of hydrogen-bond donors (Lipinski definition) is 1. The van der Waals surface area contributed by atoms with E-state index in [9.17, 15) is 131 Å². The maximum absolute atomic E-state index is 13.1. The van der Waals surface area contributed by atoms with E-state index in [0.717, 1.165) is 78.9 Å². The zero-order valence-corrected chi connectivity index (χ0v) is 42.7. The van der Waals surface area contributed by atoms with Crippen LogP contribution in [0.2, 0.25) is 0 Å². The van der Waals surface area contributed by atoms with Crippen molar-refractivity contribution in [3.8, 4) is 45.3 Å². The molecule has 0 atom stereocenters. The summed E-state index contributed by atoms with van der Waals surface area (Å²) < 4.78 is 366. The van der Waals surface area contributed by atoms with E-state index in [2.05, 4.69) is 38.7 Å². The Morgan fingerprint density at radius 3 is 0.951 bits per heavy atom. The van der Waals surface area contributed by atoms with Crippen molar-refractivity contribution in [1.82, 2.24) is 15.0 Å². The molecule has 12 nitrogen and oxygen atoms in total. The molecular formula is C42H22BrF24N3O9S3. The molecule has 6 aromatic rings. The van der Waals surface area contributed by atoms with Crippen molar-refractivity contribution in [2.24, 2.45) is 0 Å². The van der Waals surface area contributed by atoms with Gasteiger partial charge in [0, 0.05) is 21.2 Å². The second kappa shape index (κ2) is 24.6. The lowest BCUT2D eigenvalue weighted by Crippen LogP contribution is -2.29. The number of benzene rings is 3. The molecule has 0 spiro atoms. The summed E-state index contributed by atoms with van der Waals surface area (Å²) in [6, 6.07) is 15.3. The minimum atomic E-state index is -6.40. The third-order valence-corrected chi connectivity index (χ3v) is 12.8. The van der Waals surface area contributed by atoms with Gasteiger partial charge in [0.2, 0.25) is 0 Å². The highest BCUT2D eigenvalue weighted by atomic mass is 79.9.